The zero-order chi connectivity index (χ0) is 7.40. The Morgan fingerprint density at radius 3 is 2.50 bits per heavy atom. The quantitative estimate of drug-likeness (QED) is 0.629. The molecule has 1 N–H and O–H groups in total. The minimum atomic E-state index is 0.330. The van der Waals surface area contributed by atoms with E-state index in [1.54, 1.807) is 0 Å². The molecule has 1 saturated heterocycles. The van der Waals surface area contributed by atoms with Crippen LogP contribution < -0.4 is 0 Å². The molecular weight excluding hydrogens is 126 g/mol. The normalized spacial score (nSPS) is 23.4. The first-order chi connectivity index (χ1) is 4.83. The molecule has 0 unspecified atom stereocenters. The largest absolute Gasteiger partial charge is 0.396 e. The summed E-state index contributed by atoms with van der Waals surface area (Å²) in [5, 5.41) is 8.77. The van der Waals surface area contributed by atoms with Crippen molar-refractivity contribution in [3.63, 3.8) is 0 Å². The van der Waals surface area contributed by atoms with Gasteiger partial charge in [-0.05, 0) is 31.8 Å². The van der Waals surface area contributed by atoms with Crippen LogP contribution in [-0.4, -0.2) is 36.2 Å². The Labute approximate surface area is 62.8 Å². The molecular formula is C8H17NO. The lowest BCUT2D eigenvalue weighted by molar-refractivity contribution is 0.191. The summed E-state index contributed by atoms with van der Waals surface area (Å²) >= 11 is 0. The molecule has 0 radical (unpaired) electrons. The van der Waals surface area contributed by atoms with Gasteiger partial charge in [0.2, 0.25) is 0 Å². The van der Waals surface area contributed by atoms with Gasteiger partial charge in [-0.25, -0.2) is 0 Å². The summed E-state index contributed by atoms with van der Waals surface area (Å²) in [5.41, 5.74) is 0. The number of hydrogen-bond donors (Lipinski definition) is 1. The van der Waals surface area contributed by atoms with Gasteiger partial charge in [0.15, 0.2) is 0 Å². The van der Waals surface area contributed by atoms with Gasteiger partial charge in [0.25, 0.3) is 0 Å². The summed E-state index contributed by atoms with van der Waals surface area (Å²) in [6, 6.07) is 0. The van der Waals surface area contributed by atoms with Crippen LogP contribution in [0.2, 0.25) is 0 Å². The highest BCUT2D eigenvalue weighted by atomic mass is 16.3. The van der Waals surface area contributed by atoms with Crippen molar-refractivity contribution in [2.24, 2.45) is 5.92 Å². The molecule has 2 nitrogen and oxygen atoms in total. The molecule has 1 aliphatic heterocycles. The maximum Gasteiger partial charge on any atom is 0.0468 e. The Kier molecular flexibility index (Phi) is 3.16. The van der Waals surface area contributed by atoms with Gasteiger partial charge in [-0.3, -0.25) is 0 Å². The summed E-state index contributed by atoms with van der Waals surface area (Å²) in [6.07, 6.45) is 2.69. The van der Waals surface area contributed by atoms with Gasteiger partial charge in [-0.1, -0.05) is 6.92 Å². The molecule has 0 aromatic heterocycles. The van der Waals surface area contributed by atoms with Crippen LogP contribution in [0.1, 0.15) is 19.8 Å². The Hall–Kier alpha value is -0.0800. The zero-order valence-electron chi connectivity index (χ0n) is 6.71. The molecule has 1 rings (SSSR count). The van der Waals surface area contributed by atoms with Crippen molar-refractivity contribution < 1.29 is 5.11 Å². The number of nitrogens with zero attached hydrogens (tertiary/aromatic N) is 1. The molecule has 0 amide bonds. The molecule has 1 aliphatic rings. The van der Waals surface area contributed by atoms with E-state index in [1.807, 2.05) is 0 Å². The second-order valence-electron chi connectivity index (χ2n) is 3.30. The maximum absolute atomic E-state index is 8.77. The molecule has 0 aromatic rings. The van der Waals surface area contributed by atoms with E-state index >= 15 is 0 Å². The van der Waals surface area contributed by atoms with Crippen LogP contribution in [0.3, 0.4) is 0 Å². The molecule has 1 atom stereocenters. The lowest BCUT2D eigenvalue weighted by Crippen LogP contribution is -2.26. The fraction of sp³-hybridized carbons (Fsp3) is 1.00. The number of aliphatic hydroxyl groups excluding tert-OH is 1. The predicted molar refractivity (Wildman–Crippen MR) is 41.9 cm³/mol. The van der Waals surface area contributed by atoms with Gasteiger partial charge < -0.3 is 10.0 Å². The average Bonchev–Trinajstić information content (AvgIpc) is 2.40. The Bertz CT molecular complexity index is 89.3. The number of hydrogen-bond acceptors (Lipinski definition) is 2. The molecule has 0 saturated carbocycles. The van der Waals surface area contributed by atoms with Crippen molar-refractivity contribution in [2.45, 2.75) is 19.8 Å². The lowest BCUT2D eigenvalue weighted by Gasteiger charge is -2.17. The number of aliphatic hydroxyl groups is 1. The molecule has 60 valence electrons. The first-order valence-corrected chi connectivity index (χ1v) is 4.16. The average molecular weight is 143 g/mol. The van der Waals surface area contributed by atoms with Crippen molar-refractivity contribution in [2.75, 3.05) is 26.2 Å². The van der Waals surface area contributed by atoms with Gasteiger partial charge in [0.1, 0.15) is 0 Å². The van der Waals surface area contributed by atoms with Gasteiger partial charge in [-0.2, -0.15) is 0 Å². The summed E-state index contributed by atoms with van der Waals surface area (Å²) in [7, 11) is 0. The lowest BCUT2D eigenvalue weighted by atomic mass is 10.2. The first kappa shape index (κ1) is 8.02. The fourth-order valence-electron chi connectivity index (χ4n) is 1.46. The van der Waals surface area contributed by atoms with Crippen LogP contribution in [0.4, 0.5) is 0 Å². The molecule has 2 heteroatoms. The minimum Gasteiger partial charge on any atom is -0.396 e. The molecule has 0 aromatic carbocycles. The third kappa shape index (κ3) is 2.27. The van der Waals surface area contributed by atoms with E-state index in [0.717, 1.165) is 6.54 Å². The third-order valence-electron chi connectivity index (χ3n) is 2.08. The second-order valence-corrected chi connectivity index (χ2v) is 3.30. The van der Waals surface area contributed by atoms with Crippen molar-refractivity contribution in [1.82, 2.24) is 4.90 Å². The SMILES string of the molecule is C[C@H](CO)CN1CCCC1. The van der Waals surface area contributed by atoms with Crippen molar-refractivity contribution >= 4 is 0 Å². The van der Waals surface area contributed by atoms with Crippen LogP contribution in [0.25, 0.3) is 0 Å². The zero-order valence-corrected chi connectivity index (χ0v) is 6.71. The minimum absolute atomic E-state index is 0.330. The summed E-state index contributed by atoms with van der Waals surface area (Å²) in [5.74, 6) is 0.457. The van der Waals surface area contributed by atoms with E-state index in [2.05, 4.69) is 11.8 Å². The Morgan fingerprint density at radius 1 is 1.40 bits per heavy atom. The number of likely N-dealkylation sites (tertiary alicyclic amines) is 1. The van der Waals surface area contributed by atoms with Gasteiger partial charge in [-0.15, -0.1) is 0 Å². The predicted octanol–water partition coefficient (Wildman–Crippen LogP) is 0.711. The Morgan fingerprint density at radius 2 is 2.00 bits per heavy atom. The topological polar surface area (TPSA) is 23.5 Å². The van der Waals surface area contributed by atoms with Crippen LogP contribution >= 0.6 is 0 Å². The van der Waals surface area contributed by atoms with E-state index in [1.165, 1.54) is 25.9 Å². The van der Waals surface area contributed by atoms with Crippen LogP contribution in [-0.2, 0) is 0 Å². The van der Waals surface area contributed by atoms with E-state index in [9.17, 15) is 0 Å². The maximum atomic E-state index is 8.77. The fourth-order valence-corrected chi connectivity index (χ4v) is 1.46. The van der Waals surface area contributed by atoms with Gasteiger partial charge in [0.05, 0.1) is 0 Å². The third-order valence-corrected chi connectivity index (χ3v) is 2.08. The monoisotopic (exact) mass is 143 g/mol. The van der Waals surface area contributed by atoms with Crippen LogP contribution in [0.15, 0.2) is 0 Å². The summed E-state index contributed by atoms with van der Waals surface area (Å²) < 4.78 is 0. The summed E-state index contributed by atoms with van der Waals surface area (Å²) in [6.45, 7) is 5.99. The van der Waals surface area contributed by atoms with E-state index in [-0.39, 0.29) is 0 Å². The first-order valence-electron chi connectivity index (χ1n) is 4.16. The van der Waals surface area contributed by atoms with E-state index in [0.29, 0.717) is 12.5 Å². The summed E-state index contributed by atoms with van der Waals surface area (Å²) in [4.78, 5) is 2.43. The van der Waals surface area contributed by atoms with Gasteiger partial charge >= 0.3 is 0 Å². The highest BCUT2D eigenvalue weighted by Gasteiger charge is 2.13. The smallest absolute Gasteiger partial charge is 0.0468 e. The molecule has 1 heterocycles. The molecule has 0 spiro atoms. The number of rotatable bonds is 3. The van der Waals surface area contributed by atoms with Crippen molar-refractivity contribution in [3.05, 3.63) is 0 Å². The van der Waals surface area contributed by atoms with Crippen LogP contribution in [0.5, 0.6) is 0 Å². The molecule has 0 bridgehead atoms. The van der Waals surface area contributed by atoms with E-state index in [4.69, 9.17) is 5.11 Å². The van der Waals surface area contributed by atoms with Gasteiger partial charge in [0, 0.05) is 13.2 Å². The molecule has 10 heavy (non-hydrogen) atoms. The van der Waals surface area contributed by atoms with E-state index < -0.39 is 0 Å². The molecule has 0 aliphatic carbocycles. The second kappa shape index (κ2) is 3.94. The standard InChI is InChI=1S/C8H17NO/c1-8(7-10)6-9-4-2-3-5-9/h8,10H,2-7H2,1H3/t8-/m0/s1. The molecule has 1 fully saturated rings. The highest BCUT2D eigenvalue weighted by Crippen LogP contribution is 2.09. The van der Waals surface area contributed by atoms with Crippen molar-refractivity contribution in [1.29, 1.82) is 0 Å². The van der Waals surface area contributed by atoms with Crippen LogP contribution in [0, 0.1) is 5.92 Å². The Balaban J connectivity index is 2.11. The van der Waals surface area contributed by atoms with Crippen molar-refractivity contribution in [3.8, 4) is 0 Å². The highest BCUT2D eigenvalue weighted by molar-refractivity contribution is 4.67.